The highest BCUT2D eigenvalue weighted by atomic mass is 16.5. The smallest absolute Gasteiger partial charge is 0.213 e. The predicted octanol–water partition coefficient (Wildman–Crippen LogP) is 2.83. The first kappa shape index (κ1) is 16.5. The SMILES string of the molecule is Cc1cc(CN2CC[C@H]3OCCC[C@]3(COc3ccccn3)C2)no1. The highest BCUT2D eigenvalue weighted by Gasteiger charge is 2.46. The summed E-state index contributed by atoms with van der Waals surface area (Å²) in [5.41, 5.74) is 1.01. The van der Waals surface area contributed by atoms with E-state index in [0.717, 1.165) is 57.0 Å². The van der Waals surface area contributed by atoms with Crippen LogP contribution >= 0.6 is 0 Å². The van der Waals surface area contributed by atoms with Gasteiger partial charge in [-0.1, -0.05) is 11.2 Å². The molecular weight excluding hydrogens is 318 g/mol. The van der Waals surface area contributed by atoms with Crippen molar-refractivity contribution < 1.29 is 14.0 Å². The van der Waals surface area contributed by atoms with Crippen molar-refractivity contribution in [3.05, 3.63) is 41.9 Å². The largest absolute Gasteiger partial charge is 0.477 e. The molecule has 4 heterocycles. The molecule has 0 spiro atoms. The van der Waals surface area contributed by atoms with Crippen LogP contribution in [0.25, 0.3) is 0 Å². The lowest BCUT2D eigenvalue weighted by Crippen LogP contribution is -2.57. The van der Waals surface area contributed by atoms with Gasteiger partial charge in [-0.15, -0.1) is 0 Å². The first-order valence-electron chi connectivity index (χ1n) is 9.04. The van der Waals surface area contributed by atoms with Gasteiger partial charge in [-0.05, 0) is 32.3 Å². The van der Waals surface area contributed by atoms with Gasteiger partial charge >= 0.3 is 0 Å². The lowest BCUT2D eigenvalue weighted by Gasteiger charge is -2.50. The zero-order valence-electron chi connectivity index (χ0n) is 14.7. The molecule has 6 heteroatoms. The molecule has 25 heavy (non-hydrogen) atoms. The first-order chi connectivity index (χ1) is 12.2. The second kappa shape index (κ2) is 7.14. The Morgan fingerprint density at radius 3 is 3.16 bits per heavy atom. The molecule has 2 saturated heterocycles. The van der Waals surface area contributed by atoms with Gasteiger partial charge in [-0.2, -0.15) is 0 Å². The zero-order chi connectivity index (χ0) is 17.1. The highest BCUT2D eigenvalue weighted by molar-refractivity contribution is 5.10. The number of rotatable bonds is 5. The molecule has 2 fully saturated rings. The van der Waals surface area contributed by atoms with Crippen molar-refractivity contribution in [2.75, 3.05) is 26.3 Å². The zero-order valence-corrected chi connectivity index (χ0v) is 14.7. The summed E-state index contributed by atoms with van der Waals surface area (Å²) in [5, 5.41) is 4.14. The molecule has 0 bridgehead atoms. The molecule has 2 aromatic heterocycles. The molecule has 2 aliphatic heterocycles. The van der Waals surface area contributed by atoms with E-state index in [2.05, 4.69) is 15.0 Å². The minimum atomic E-state index is 0.0206. The van der Waals surface area contributed by atoms with Crippen molar-refractivity contribution in [2.45, 2.75) is 38.8 Å². The van der Waals surface area contributed by atoms with Gasteiger partial charge in [0.15, 0.2) is 0 Å². The Labute approximate surface area is 148 Å². The molecule has 0 N–H and O–H groups in total. The number of fused-ring (bicyclic) bond motifs is 1. The molecule has 2 atom stereocenters. The maximum absolute atomic E-state index is 6.12. The third-order valence-corrected chi connectivity index (χ3v) is 5.27. The normalized spacial score (nSPS) is 27.0. The summed E-state index contributed by atoms with van der Waals surface area (Å²) in [6.07, 6.45) is 5.27. The molecule has 0 aromatic carbocycles. The van der Waals surface area contributed by atoms with Crippen LogP contribution in [-0.2, 0) is 11.3 Å². The van der Waals surface area contributed by atoms with Crippen LogP contribution in [0.4, 0.5) is 0 Å². The topological polar surface area (TPSA) is 60.6 Å². The van der Waals surface area contributed by atoms with E-state index < -0.39 is 0 Å². The van der Waals surface area contributed by atoms with Crippen molar-refractivity contribution in [3.8, 4) is 5.88 Å². The molecule has 134 valence electrons. The summed E-state index contributed by atoms with van der Waals surface area (Å²) in [4.78, 5) is 6.74. The van der Waals surface area contributed by atoms with Crippen LogP contribution in [0.15, 0.2) is 35.0 Å². The van der Waals surface area contributed by atoms with Gasteiger partial charge in [0.2, 0.25) is 5.88 Å². The van der Waals surface area contributed by atoms with E-state index in [-0.39, 0.29) is 11.5 Å². The maximum atomic E-state index is 6.12. The van der Waals surface area contributed by atoms with Crippen molar-refractivity contribution in [1.82, 2.24) is 15.0 Å². The minimum Gasteiger partial charge on any atom is -0.477 e. The van der Waals surface area contributed by atoms with E-state index in [4.69, 9.17) is 14.0 Å². The monoisotopic (exact) mass is 343 g/mol. The standard InChI is InChI=1S/C19H25N3O3/c1-15-11-16(21-25-15)12-22-9-6-17-19(13-22,7-4-10-23-17)14-24-18-5-2-3-8-20-18/h2-3,5,8,11,17H,4,6-7,9-10,12-14H2,1H3/t17-,19-/m1/s1. The molecule has 0 unspecified atom stereocenters. The molecule has 6 nitrogen and oxygen atoms in total. The number of hydrogen-bond acceptors (Lipinski definition) is 6. The Hall–Kier alpha value is -1.92. The summed E-state index contributed by atoms with van der Waals surface area (Å²) in [5.74, 6) is 1.55. The van der Waals surface area contributed by atoms with E-state index in [1.165, 1.54) is 0 Å². The number of ether oxygens (including phenoxy) is 2. The molecular formula is C19H25N3O3. The third kappa shape index (κ3) is 3.70. The average Bonchev–Trinajstić information content (AvgIpc) is 3.05. The van der Waals surface area contributed by atoms with Gasteiger partial charge in [0.1, 0.15) is 5.76 Å². The fraction of sp³-hybridized carbons (Fsp3) is 0.579. The van der Waals surface area contributed by atoms with Gasteiger partial charge in [-0.25, -0.2) is 4.98 Å². The Morgan fingerprint density at radius 2 is 2.36 bits per heavy atom. The Kier molecular flexibility index (Phi) is 4.72. The van der Waals surface area contributed by atoms with Crippen molar-refractivity contribution in [1.29, 1.82) is 0 Å². The number of nitrogens with zero attached hydrogens (tertiary/aromatic N) is 3. The van der Waals surface area contributed by atoms with Crippen LogP contribution in [0.3, 0.4) is 0 Å². The van der Waals surface area contributed by atoms with Gasteiger partial charge < -0.3 is 14.0 Å². The number of likely N-dealkylation sites (tertiary alicyclic amines) is 1. The second-order valence-electron chi connectivity index (χ2n) is 7.21. The van der Waals surface area contributed by atoms with Crippen molar-refractivity contribution >= 4 is 0 Å². The lowest BCUT2D eigenvalue weighted by molar-refractivity contribution is -0.141. The van der Waals surface area contributed by atoms with E-state index in [0.29, 0.717) is 12.5 Å². The van der Waals surface area contributed by atoms with Crippen LogP contribution < -0.4 is 4.74 Å². The number of aryl methyl sites for hydroxylation is 1. The summed E-state index contributed by atoms with van der Waals surface area (Å²) < 4.78 is 17.4. The Morgan fingerprint density at radius 1 is 1.40 bits per heavy atom. The quantitative estimate of drug-likeness (QED) is 0.832. The molecule has 2 aromatic rings. The molecule has 0 aliphatic carbocycles. The van der Waals surface area contributed by atoms with Gasteiger partial charge in [-0.3, -0.25) is 4.90 Å². The predicted molar refractivity (Wildman–Crippen MR) is 92.3 cm³/mol. The van der Waals surface area contributed by atoms with Gasteiger partial charge in [0.25, 0.3) is 0 Å². The number of piperidine rings is 1. The lowest BCUT2D eigenvalue weighted by atomic mass is 9.73. The van der Waals surface area contributed by atoms with E-state index in [1.54, 1.807) is 6.20 Å². The average molecular weight is 343 g/mol. The summed E-state index contributed by atoms with van der Waals surface area (Å²) in [6, 6.07) is 7.78. The first-order valence-corrected chi connectivity index (χ1v) is 9.04. The molecule has 0 saturated carbocycles. The molecule has 4 rings (SSSR count). The fourth-order valence-electron chi connectivity index (χ4n) is 4.10. The van der Waals surface area contributed by atoms with Crippen LogP contribution in [0.2, 0.25) is 0 Å². The number of pyridine rings is 1. The van der Waals surface area contributed by atoms with E-state index >= 15 is 0 Å². The van der Waals surface area contributed by atoms with Gasteiger partial charge in [0, 0.05) is 50.0 Å². The van der Waals surface area contributed by atoms with Crippen molar-refractivity contribution in [2.24, 2.45) is 5.41 Å². The summed E-state index contributed by atoms with van der Waals surface area (Å²) in [6.45, 7) is 6.22. The Bertz CT molecular complexity index is 690. The van der Waals surface area contributed by atoms with Crippen LogP contribution in [0, 0.1) is 12.3 Å². The summed E-state index contributed by atoms with van der Waals surface area (Å²) >= 11 is 0. The highest BCUT2D eigenvalue weighted by Crippen LogP contribution is 2.40. The summed E-state index contributed by atoms with van der Waals surface area (Å²) in [7, 11) is 0. The van der Waals surface area contributed by atoms with E-state index in [9.17, 15) is 0 Å². The second-order valence-corrected chi connectivity index (χ2v) is 7.21. The molecule has 0 radical (unpaired) electrons. The van der Waals surface area contributed by atoms with Gasteiger partial charge in [0.05, 0.1) is 18.4 Å². The number of aromatic nitrogens is 2. The minimum absolute atomic E-state index is 0.0206. The van der Waals surface area contributed by atoms with E-state index in [1.807, 2.05) is 31.2 Å². The Balaban J connectivity index is 1.46. The third-order valence-electron chi connectivity index (χ3n) is 5.27. The molecule has 0 amide bonds. The van der Waals surface area contributed by atoms with Crippen LogP contribution in [0.1, 0.15) is 30.7 Å². The molecule has 2 aliphatic rings. The maximum Gasteiger partial charge on any atom is 0.213 e. The number of hydrogen-bond donors (Lipinski definition) is 0. The van der Waals surface area contributed by atoms with Crippen molar-refractivity contribution in [3.63, 3.8) is 0 Å². The fourth-order valence-corrected chi connectivity index (χ4v) is 4.10. The van der Waals surface area contributed by atoms with Crippen LogP contribution in [0.5, 0.6) is 5.88 Å². The van der Waals surface area contributed by atoms with Crippen LogP contribution in [-0.4, -0.2) is 47.4 Å².